The van der Waals surface area contributed by atoms with E-state index in [1.165, 1.54) is 17.8 Å². The van der Waals surface area contributed by atoms with Crippen LogP contribution in [0.3, 0.4) is 0 Å². The highest BCUT2D eigenvalue weighted by atomic mass is 32.2. The number of nitrogens with one attached hydrogen (secondary N) is 1. The van der Waals surface area contributed by atoms with Gasteiger partial charge in [-0.05, 0) is 23.6 Å². The van der Waals surface area contributed by atoms with Crippen LogP contribution in [0, 0.1) is 11.7 Å². The monoisotopic (exact) mass is 398 g/mol. The smallest absolute Gasteiger partial charge is 0.230 e. The number of carbonyl (C=O) groups is 1. The van der Waals surface area contributed by atoms with Crippen LogP contribution in [0.25, 0.3) is 11.4 Å². The molecular weight excluding hydrogens is 375 g/mol. The number of carbonyl (C=O) groups excluding carboxylic acids is 1. The first-order valence-corrected chi connectivity index (χ1v) is 10.1. The molecule has 5 nitrogen and oxygen atoms in total. The molecular formula is C21H23FN4OS. The topological polar surface area (TPSA) is 59.8 Å². The van der Waals surface area contributed by atoms with E-state index in [0.29, 0.717) is 35.6 Å². The lowest BCUT2D eigenvalue weighted by molar-refractivity contribution is -0.118. The Morgan fingerprint density at radius 3 is 2.54 bits per heavy atom. The molecule has 1 aromatic heterocycles. The van der Waals surface area contributed by atoms with E-state index in [1.807, 2.05) is 34.9 Å². The Balaban J connectivity index is 1.69. The molecule has 1 heterocycles. The molecule has 2 aromatic carbocycles. The maximum atomic E-state index is 14.2. The molecule has 3 aromatic rings. The molecule has 3 rings (SSSR count). The Bertz CT molecular complexity index is 927. The number of benzene rings is 2. The predicted molar refractivity (Wildman–Crippen MR) is 109 cm³/mol. The Morgan fingerprint density at radius 1 is 1.11 bits per heavy atom. The zero-order valence-electron chi connectivity index (χ0n) is 15.9. The molecule has 0 saturated heterocycles. The van der Waals surface area contributed by atoms with Crippen LogP contribution in [0.4, 0.5) is 4.39 Å². The van der Waals surface area contributed by atoms with Crippen molar-refractivity contribution in [2.75, 3.05) is 5.75 Å². The van der Waals surface area contributed by atoms with Gasteiger partial charge in [0, 0.05) is 13.1 Å². The molecule has 0 unspecified atom stereocenters. The van der Waals surface area contributed by atoms with E-state index in [-0.39, 0.29) is 17.5 Å². The summed E-state index contributed by atoms with van der Waals surface area (Å²) in [5.41, 5.74) is 1.46. The molecule has 0 atom stereocenters. The zero-order valence-corrected chi connectivity index (χ0v) is 16.7. The molecule has 146 valence electrons. The zero-order chi connectivity index (χ0) is 19.9. The van der Waals surface area contributed by atoms with E-state index >= 15 is 0 Å². The van der Waals surface area contributed by atoms with Crippen LogP contribution in [0.5, 0.6) is 0 Å². The third-order valence-corrected chi connectivity index (χ3v) is 5.01. The van der Waals surface area contributed by atoms with Gasteiger partial charge in [0.05, 0.1) is 11.3 Å². The van der Waals surface area contributed by atoms with Gasteiger partial charge in [0.25, 0.3) is 0 Å². The minimum absolute atomic E-state index is 0.0830. The van der Waals surface area contributed by atoms with Gasteiger partial charge in [-0.1, -0.05) is 68.1 Å². The lowest BCUT2D eigenvalue weighted by Crippen LogP contribution is -2.24. The molecule has 1 N–H and O–H groups in total. The second kappa shape index (κ2) is 9.50. The molecule has 0 saturated carbocycles. The summed E-state index contributed by atoms with van der Waals surface area (Å²) in [5, 5.41) is 11.9. The first-order valence-electron chi connectivity index (χ1n) is 9.16. The van der Waals surface area contributed by atoms with Gasteiger partial charge in [0.15, 0.2) is 11.0 Å². The van der Waals surface area contributed by atoms with Crippen LogP contribution in [-0.4, -0.2) is 26.4 Å². The standard InChI is InChI=1S/C21H23FN4OS/c1-15(2)13-26-20(17-10-6-7-11-18(17)22)24-25-21(26)28-14-19(27)23-12-16-8-4-3-5-9-16/h3-11,15H,12-14H2,1-2H3,(H,23,27). The molecule has 0 radical (unpaired) electrons. The van der Waals surface area contributed by atoms with Gasteiger partial charge in [-0.3, -0.25) is 4.79 Å². The Morgan fingerprint density at radius 2 is 1.82 bits per heavy atom. The second-order valence-corrected chi connectivity index (χ2v) is 7.78. The summed E-state index contributed by atoms with van der Waals surface area (Å²) < 4.78 is 16.1. The third kappa shape index (κ3) is 5.19. The van der Waals surface area contributed by atoms with Crippen molar-refractivity contribution in [3.05, 3.63) is 66.0 Å². The first-order chi connectivity index (χ1) is 13.5. The van der Waals surface area contributed by atoms with E-state index in [9.17, 15) is 9.18 Å². The maximum Gasteiger partial charge on any atom is 0.230 e. The lowest BCUT2D eigenvalue weighted by atomic mass is 10.2. The molecule has 0 aliphatic rings. The lowest BCUT2D eigenvalue weighted by Gasteiger charge is -2.13. The van der Waals surface area contributed by atoms with Gasteiger partial charge in [-0.15, -0.1) is 10.2 Å². The second-order valence-electron chi connectivity index (χ2n) is 6.84. The number of aromatic nitrogens is 3. The van der Waals surface area contributed by atoms with Crippen LogP contribution in [0.15, 0.2) is 59.8 Å². The van der Waals surface area contributed by atoms with Crippen LogP contribution >= 0.6 is 11.8 Å². The summed E-state index contributed by atoms with van der Waals surface area (Å²) in [7, 11) is 0. The van der Waals surface area contributed by atoms with Crippen molar-refractivity contribution in [2.24, 2.45) is 5.92 Å². The van der Waals surface area contributed by atoms with Crippen molar-refractivity contribution in [1.29, 1.82) is 0 Å². The highest BCUT2D eigenvalue weighted by Gasteiger charge is 2.18. The van der Waals surface area contributed by atoms with E-state index < -0.39 is 0 Å². The summed E-state index contributed by atoms with van der Waals surface area (Å²) in [5.74, 6) is 0.615. The first kappa shape index (κ1) is 20.1. The maximum absolute atomic E-state index is 14.2. The van der Waals surface area contributed by atoms with Crippen LogP contribution < -0.4 is 5.32 Å². The van der Waals surface area contributed by atoms with Crippen LogP contribution in [0.2, 0.25) is 0 Å². The number of nitrogens with zero attached hydrogens (tertiary/aromatic N) is 3. The minimum atomic E-state index is -0.336. The van der Waals surface area contributed by atoms with Crippen molar-refractivity contribution < 1.29 is 9.18 Å². The molecule has 28 heavy (non-hydrogen) atoms. The van der Waals surface area contributed by atoms with Gasteiger partial charge >= 0.3 is 0 Å². The van der Waals surface area contributed by atoms with Crippen molar-refractivity contribution in [2.45, 2.75) is 32.1 Å². The van der Waals surface area contributed by atoms with E-state index in [4.69, 9.17) is 0 Å². The fourth-order valence-electron chi connectivity index (χ4n) is 2.74. The predicted octanol–water partition coefficient (Wildman–Crippen LogP) is 4.15. The Hall–Kier alpha value is -2.67. The molecule has 1 amide bonds. The normalized spacial score (nSPS) is 11.0. The summed E-state index contributed by atoms with van der Waals surface area (Å²) >= 11 is 1.31. The summed E-state index contributed by atoms with van der Waals surface area (Å²) in [6.07, 6.45) is 0. The van der Waals surface area contributed by atoms with Gasteiger partial charge in [-0.2, -0.15) is 0 Å². The van der Waals surface area contributed by atoms with Gasteiger partial charge in [0.2, 0.25) is 5.91 Å². The van der Waals surface area contributed by atoms with Crippen molar-refractivity contribution >= 4 is 17.7 Å². The number of thioether (sulfide) groups is 1. The van der Waals surface area contributed by atoms with Crippen LogP contribution in [-0.2, 0) is 17.9 Å². The number of halogens is 1. The highest BCUT2D eigenvalue weighted by molar-refractivity contribution is 7.99. The SMILES string of the molecule is CC(C)Cn1c(SCC(=O)NCc2ccccc2)nnc1-c1ccccc1F. The fraction of sp³-hybridized carbons (Fsp3) is 0.286. The van der Waals surface area contributed by atoms with E-state index in [0.717, 1.165) is 5.56 Å². The van der Waals surface area contributed by atoms with E-state index in [2.05, 4.69) is 29.4 Å². The molecule has 0 fully saturated rings. The average Bonchev–Trinajstić information content (AvgIpc) is 3.07. The average molecular weight is 399 g/mol. The fourth-order valence-corrected chi connectivity index (χ4v) is 3.52. The quantitative estimate of drug-likeness (QED) is 0.579. The van der Waals surface area contributed by atoms with Crippen molar-refractivity contribution in [1.82, 2.24) is 20.1 Å². The minimum Gasteiger partial charge on any atom is -0.351 e. The Kier molecular flexibility index (Phi) is 6.81. The largest absolute Gasteiger partial charge is 0.351 e. The summed E-state index contributed by atoms with van der Waals surface area (Å²) in [6.45, 7) is 5.28. The molecule has 7 heteroatoms. The van der Waals surface area contributed by atoms with Crippen molar-refractivity contribution in [3.63, 3.8) is 0 Å². The summed E-state index contributed by atoms with van der Waals surface area (Å²) in [6, 6.07) is 16.3. The number of hydrogen-bond acceptors (Lipinski definition) is 4. The van der Waals surface area contributed by atoms with Crippen LogP contribution in [0.1, 0.15) is 19.4 Å². The highest BCUT2D eigenvalue weighted by Crippen LogP contribution is 2.26. The van der Waals surface area contributed by atoms with Crippen molar-refractivity contribution in [3.8, 4) is 11.4 Å². The molecule has 0 bridgehead atoms. The number of rotatable bonds is 8. The molecule has 0 spiro atoms. The van der Waals surface area contributed by atoms with Gasteiger partial charge < -0.3 is 9.88 Å². The third-order valence-electron chi connectivity index (χ3n) is 4.04. The summed E-state index contributed by atoms with van der Waals surface area (Å²) in [4.78, 5) is 12.2. The number of hydrogen-bond donors (Lipinski definition) is 1. The molecule has 0 aliphatic heterocycles. The Labute approximate surface area is 168 Å². The number of amides is 1. The van der Waals surface area contributed by atoms with Gasteiger partial charge in [0.1, 0.15) is 5.82 Å². The van der Waals surface area contributed by atoms with E-state index in [1.54, 1.807) is 18.2 Å². The van der Waals surface area contributed by atoms with Gasteiger partial charge in [-0.25, -0.2) is 4.39 Å². The molecule has 0 aliphatic carbocycles.